The molecule has 110 valence electrons. The van der Waals surface area contributed by atoms with Crippen LogP contribution in [0.1, 0.15) is 18.4 Å². The molecule has 0 spiro atoms. The molecule has 3 rings (SSSR count). The van der Waals surface area contributed by atoms with Crippen molar-refractivity contribution in [3.8, 4) is 0 Å². The summed E-state index contributed by atoms with van der Waals surface area (Å²) in [5.41, 5.74) is 1.44. The molecular formula is C17H26N2O. The summed E-state index contributed by atoms with van der Waals surface area (Å²) in [6.45, 7) is 4.19. The van der Waals surface area contributed by atoms with E-state index in [1.807, 2.05) is 0 Å². The lowest BCUT2D eigenvalue weighted by molar-refractivity contribution is 0.0819. The van der Waals surface area contributed by atoms with Gasteiger partial charge in [0.15, 0.2) is 0 Å². The largest absolute Gasteiger partial charge is 0.383 e. The molecule has 1 saturated heterocycles. The predicted molar refractivity (Wildman–Crippen MR) is 81.9 cm³/mol. The van der Waals surface area contributed by atoms with Gasteiger partial charge in [-0.1, -0.05) is 30.3 Å². The lowest BCUT2D eigenvalue weighted by atomic mass is 9.99. The fourth-order valence-electron chi connectivity index (χ4n) is 3.27. The van der Waals surface area contributed by atoms with Crippen molar-refractivity contribution in [1.82, 2.24) is 10.2 Å². The standard InChI is InChI=1S/C17H26N2O/c1-20-10-9-19-13-17(15-7-8-15)18-12-16(19)11-14-5-3-2-4-6-14/h2-6,15-18H,7-13H2,1H3. The molecule has 0 aromatic heterocycles. The van der Waals surface area contributed by atoms with Crippen LogP contribution in [0.3, 0.4) is 0 Å². The first-order valence-electron chi connectivity index (χ1n) is 7.87. The zero-order valence-corrected chi connectivity index (χ0v) is 12.4. The number of ether oxygens (including phenoxy) is 1. The van der Waals surface area contributed by atoms with Crippen LogP contribution in [0.15, 0.2) is 30.3 Å². The number of hydrogen-bond acceptors (Lipinski definition) is 3. The number of nitrogens with zero attached hydrogens (tertiary/aromatic N) is 1. The van der Waals surface area contributed by atoms with Crippen LogP contribution >= 0.6 is 0 Å². The summed E-state index contributed by atoms with van der Waals surface area (Å²) < 4.78 is 5.29. The summed E-state index contributed by atoms with van der Waals surface area (Å²) in [5, 5.41) is 3.78. The fourth-order valence-corrected chi connectivity index (χ4v) is 3.27. The summed E-state index contributed by atoms with van der Waals surface area (Å²) in [7, 11) is 1.80. The summed E-state index contributed by atoms with van der Waals surface area (Å²) in [6.07, 6.45) is 3.97. The number of hydrogen-bond donors (Lipinski definition) is 1. The maximum atomic E-state index is 5.29. The molecule has 2 aliphatic rings. The molecule has 1 aromatic rings. The Bertz CT molecular complexity index is 405. The van der Waals surface area contributed by atoms with E-state index in [1.54, 1.807) is 7.11 Å². The molecule has 0 radical (unpaired) electrons. The third kappa shape index (κ3) is 3.60. The third-order valence-electron chi connectivity index (χ3n) is 4.65. The van der Waals surface area contributed by atoms with Crippen molar-refractivity contribution in [1.29, 1.82) is 0 Å². The van der Waals surface area contributed by atoms with Gasteiger partial charge in [0, 0.05) is 38.8 Å². The van der Waals surface area contributed by atoms with E-state index in [2.05, 4.69) is 40.5 Å². The minimum absolute atomic E-state index is 0.600. The van der Waals surface area contributed by atoms with E-state index in [1.165, 1.54) is 24.9 Å². The second-order valence-corrected chi connectivity index (χ2v) is 6.18. The number of methoxy groups -OCH3 is 1. The van der Waals surface area contributed by atoms with Crippen LogP contribution in [-0.2, 0) is 11.2 Å². The molecule has 3 heteroatoms. The quantitative estimate of drug-likeness (QED) is 0.858. The lowest BCUT2D eigenvalue weighted by Gasteiger charge is -2.40. The van der Waals surface area contributed by atoms with Gasteiger partial charge in [0.25, 0.3) is 0 Å². The molecule has 2 atom stereocenters. The van der Waals surface area contributed by atoms with Gasteiger partial charge in [0.2, 0.25) is 0 Å². The summed E-state index contributed by atoms with van der Waals surface area (Å²) in [6, 6.07) is 12.1. The van der Waals surface area contributed by atoms with Crippen molar-refractivity contribution < 1.29 is 4.74 Å². The average Bonchev–Trinajstić information content (AvgIpc) is 3.32. The average molecular weight is 274 g/mol. The highest BCUT2D eigenvalue weighted by Crippen LogP contribution is 2.34. The summed E-state index contributed by atoms with van der Waals surface area (Å²) in [5.74, 6) is 0.928. The first kappa shape index (κ1) is 14.1. The van der Waals surface area contributed by atoms with Crippen molar-refractivity contribution in [2.24, 2.45) is 5.92 Å². The molecule has 1 heterocycles. The smallest absolute Gasteiger partial charge is 0.0589 e. The van der Waals surface area contributed by atoms with Gasteiger partial charge in [-0.25, -0.2) is 0 Å². The van der Waals surface area contributed by atoms with Crippen molar-refractivity contribution in [3.63, 3.8) is 0 Å². The SMILES string of the molecule is COCCN1CC(C2CC2)NCC1Cc1ccccc1. The van der Waals surface area contributed by atoms with Crippen LogP contribution < -0.4 is 5.32 Å². The Hall–Kier alpha value is -0.900. The van der Waals surface area contributed by atoms with Crippen LogP contribution in [0.5, 0.6) is 0 Å². The molecule has 1 saturated carbocycles. The molecule has 2 fully saturated rings. The van der Waals surface area contributed by atoms with Crippen LogP contribution in [0.2, 0.25) is 0 Å². The molecule has 3 nitrogen and oxygen atoms in total. The van der Waals surface area contributed by atoms with E-state index >= 15 is 0 Å². The molecule has 20 heavy (non-hydrogen) atoms. The zero-order valence-electron chi connectivity index (χ0n) is 12.4. The first-order chi connectivity index (χ1) is 9.86. The minimum Gasteiger partial charge on any atom is -0.383 e. The monoisotopic (exact) mass is 274 g/mol. The second-order valence-electron chi connectivity index (χ2n) is 6.18. The highest BCUT2D eigenvalue weighted by atomic mass is 16.5. The van der Waals surface area contributed by atoms with Gasteiger partial charge in [0.1, 0.15) is 0 Å². The third-order valence-corrected chi connectivity index (χ3v) is 4.65. The first-order valence-corrected chi connectivity index (χ1v) is 7.87. The van der Waals surface area contributed by atoms with E-state index in [4.69, 9.17) is 4.74 Å². The lowest BCUT2D eigenvalue weighted by Crippen LogP contribution is -2.58. The van der Waals surface area contributed by atoms with Gasteiger partial charge < -0.3 is 10.1 Å². The van der Waals surface area contributed by atoms with Gasteiger partial charge >= 0.3 is 0 Å². The molecule has 0 amide bonds. The molecule has 1 N–H and O–H groups in total. The van der Waals surface area contributed by atoms with Crippen LogP contribution in [-0.4, -0.2) is 50.3 Å². The zero-order chi connectivity index (χ0) is 13.8. The van der Waals surface area contributed by atoms with Crippen LogP contribution in [0.25, 0.3) is 0 Å². The molecule has 0 bridgehead atoms. The van der Waals surface area contributed by atoms with Crippen LogP contribution in [0.4, 0.5) is 0 Å². The molecular weight excluding hydrogens is 248 g/mol. The van der Waals surface area contributed by atoms with Gasteiger partial charge in [0.05, 0.1) is 6.61 Å². The number of rotatable bonds is 6. The van der Waals surface area contributed by atoms with E-state index in [0.717, 1.165) is 32.0 Å². The Morgan fingerprint density at radius 1 is 1.25 bits per heavy atom. The van der Waals surface area contributed by atoms with E-state index < -0.39 is 0 Å². The minimum atomic E-state index is 0.600. The van der Waals surface area contributed by atoms with Gasteiger partial charge in [-0.2, -0.15) is 0 Å². The van der Waals surface area contributed by atoms with E-state index in [0.29, 0.717) is 12.1 Å². The predicted octanol–water partition coefficient (Wildman–Crippen LogP) is 1.93. The topological polar surface area (TPSA) is 24.5 Å². The molecule has 1 aromatic carbocycles. The Morgan fingerprint density at radius 2 is 2.05 bits per heavy atom. The maximum absolute atomic E-state index is 5.29. The van der Waals surface area contributed by atoms with Gasteiger partial charge in [-0.05, 0) is 30.7 Å². The normalized spacial score (nSPS) is 27.6. The number of piperazine rings is 1. The van der Waals surface area contributed by atoms with Gasteiger partial charge in [-0.15, -0.1) is 0 Å². The summed E-state index contributed by atoms with van der Waals surface area (Å²) in [4.78, 5) is 2.63. The Labute approximate surface area is 122 Å². The van der Waals surface area contributed by atoms with Crippen LogP contribution in [0, 0.1) is 5.92 Å². The highest BCUT2D eigenvalue weighted by molar-refractivity contribution is 5.16. The molecule has 1 aliphatic carbocycles. The second kappa shape index (κ2) is 6.70. The number of benzene rings is 1. The summed E-state index contributed by atoms with van der Waals surface area (Å²) >= 11 is 0. The van der Waals surface area contributed by atoms with E-state index in [-0.39, 0.29) is 0 Å². The fraction of sp³-hybridized carbons (Fsp3) is 0.647. The molecule has 2 unspecified atom stereocenters. The highest BCUT2D eigenvalue weighted by Gasteiger charge is 2.36. The van der Waals surface area contributed by atoms with Crippen molar-refractivity contribution in [2.75, 3.05) is 33.4 Å². The Balaban J connectivity index is 1.61. The van der Waals surface area contributed by atoms with Gasteiger partial charge in [-0.3, -0.25) is 4.90 Å². The number of nitrogens with one attached hydrogen (secondary N) is 1. The van der Waals surface area contributed by atoms with Crippen molar-refractivity contribution >= 4 is 0 Å². The molecule has 1 aliphatic heterocycles. The van der Waals surface area contributed by atoms with Crippen molar-refractivity contribution in [2.45, 2.75) is 31.3 Å². The van der Waals surface area contributed by atoms with Crippen molar-refractivity contribution in [3.05, 3.63) is 35.9 Å². The Kier molecular flexibility index (Phi) is 4.71. The Morgan fingerprint density at radius 3 is 2.75 bits per heavy atom. The van der Waals surface area contributed by atoms with E-state index in [9.17, 15) is 0 Å². The maximum Gasteiger partial charge on any atom is 0.0589 e.